The molecular formula is C36H76FSn. The number of unbranched alkanes of at least 4 members (excludes halogenated alkanes) is 27. The minimum absolute atomic E-state index is 0. The van der Waals surface area contributed by atoms with Gasteiger partial charge >= 0.3 is 246 Å². The standard InChI is InChI=1S/3C12H25.FH.Sn/c3*1-3-5-7-9-11-12-10-8-6-4-2;;/h3*1,3-12H2,2H3;1H;. The molecule has 0 aromatic heterocycles. The van der Waals surface area contributed by atoms with Crippen molar-refractivity contribution in [3.63, 3.8) is 0 Å². The van der Waals surface area contributed by atoms with Crippen LogP contribution in [0.3, 0.4) is 0 Å². The molecule has 2 heteroatoms. The molecule has 0 aliphatic heterocycles. The summed E-state index contributed by atoms with van der Waals surface area (Å²) in [4.78, 5) is 0. The van der Waals surface area contributed by atoms with E-state index in [-0.39, 0.29) is 4.70 Å². The molecule has 0 amide bonds. The molecule has 0 N–H and O–H groups in total. The molecule has 38 heavy (non-hydrogen) atoms. The van der Waals surface area contributed by atoms with Gasteiger partial charge in [-0.2, -0.15) is 0 Å². The van der Waals surface area contributed by atoms with Crippen LogP contribution in [0.2, 0.25) is 13.3 Å². The third kappa shape index (κ3) is 34.8. The molecule has 0 aliphatic carbocycles. The van der Waals surface area contributed by atoms with Crippen molar-refractivity contribution in [3.8, 4) is 0 Å². The fraction of sp³-hybridized carbons (Fsp3) is 1.00. The van der Waals surface area contributed by atoms with Crippen molar-refractivity contribution in [1.82, 2.24) is 0 Å². The quantitative estimate of drug-likeness (QED) is 0.0492. The first kappa shape index (κ1) is 40.9. The molecule has 0 aliphatic rings. The minimum atomic E-state index is -1.09. The maximum atomic E-state index is 2.32. The SMILES string of the molecule is CCCCCCCCCCC[CH2][Sn]([CH2]CCCCCCCCCCC)[CH2]CCCCCCCCCCC.F. The summed E-state index contributed by atoms with van der Waals surface area (Å²) >= 11 is -1.09. The topological polar surface area (TPSA) is 0 Å². The van der Waals surface area contributed by atoms with E-state index in [0.717, 1.165) is 0 Å². The molecule has 0 aromatic carbocycles. The zero-order valence-corrected chi connectivity index (χ0v) is 30.1. The Kier molecular flexibility index (Phi) is 40.6. The van der Waals surface area contributed by atoms with E-state index in [1.165, 1.54) is 154 Å². The van der Waals surface area contributed by atoms with E-state index in [1.807, 2.05) is 0 Å². The minimum Gasteiger partial charge on any atom is -0.269 e. The summed E-state index contributed by atoms with van der Waals surface area (Å²) in [6, 6.07) is 0. The second-order valence-corrected chi connectivity index (χ2v) is 21.1. The van der Waals surface area contributed by atoms with Crippen molar-refractivity contribution < 1.29 is 4.70 Å². The van der Waals surface area contributed by atoms with Gasteiger partial charge < -0.3 is 0 Å². The van der Waals surface area contributed by atoms with Gasteiger partial charge in [-0.3, -0.25) is 4.70 Å². The smallest absolute Gasteiger partial charge is 0.269 e. The molecule has 0 aromatic rings. The van der Waals surface area contributed by atoms with Crippen molar-refractivity contribution in [2.24, 2.45) is 0 Å². The van der Waals surface area contributed by atoms with Gasteiger partial charge in [0.05, 0.1) is 0 Å². The van der Waals surface area contributed by atoms with Crippen LogP contribution in [-0.4, -0.2) is 19.8 Å². The van der Waals surface area contributed by atoms with E-state index in [2.05, 4.69) is 20.8 Å². The molecule has 0 bridgehead atoms. The first-order valence-electron chi connectivity index (χ1n) is 18.2. The summed E-state index contributed by atoms with van der Waals surface area (Å²) in [5.74, 6) is 0. The van der Waals surface area contributed by atoms with E-state index in [1.54, 1.807) is 51.8 Å². The molecule has 0 rings (SSSR count). The van der Waals surface area contributed by atoms with Crippen LogP contribution in [0, 0.1) is 0 Å². The van der Waals surface area contributed by atoms with Crippen LogP contribution in [0.1, 0.15) is 213 Å². The van der Waals surface area contributed by atoms with Gasteiger partial charge in [0.1, 0.15) is 0 Å². The first-order chi connectivity index (χ1) is 18.3. The Morgan fingerprint density at radius 3 is 0.579 bits per heavy atom. The Morgan fingerprint density at radius 1 is 0.237 bits per heavy atom. The summed E-state index contributed by atoms with van der Waals surface area (Å²) in [6.45, 7) is 6.97. The summed E-state index contributed by atoms with van der Waals surface area (Å²) in [5, 5.41) is 0. The maximum absolute atomic E-state index is 2.32. The number of halogens is 1. The number of hydrogen-bond acceptors (Lipinski definition) is 0. The van der Waals surface area contributed by atoms with Crippen LogP contribution >= 0.6 is 0 Å². The molecule has 0 atom stereocenters. The Morgan fingerprint density at radius 2 is 0.395 bits per heavy atom. The Hall–Kier alpha value is 0.729. The normalized spacial score (nSPS) is 11.4. The molecule has 0 saturated heterocycles. The number of hydrogen-bond donors (Lipinski definition) is 0. The van der Waals surface area contributed by atoms with Gasteiger partial charge in [-0.1, -0.05) is 0 Å². The van der Waals surface area contributed by atoms with Gasteiger partial charge in [-0.15, -0.1) is 0 Å². The molecule has 0 heterocycles. The average Bonchev–Trinajstić information content (AvgIpc) is 2.91. The summed E-state index contributed by atoms with van der Waals surface area (Å²) in [7, 11) is 0. The zero-order chi connectivity index (χ0) is 26.9. The molecule has 0 unspecified atom stereocenters. The number of rotatable bonds is 33. The third-order valence-corrected chi connectivity index (χ3v) is 17.7. The van der Waals surface area contributed by atoms with Crippen molar-refractivity contribution in [3.05, 3.63) is 0 Å². The molecule has 231 valence electrons. The van der Waals surface area contributed by atoms with Crippen molar-refractivity contribution in [2.45, 2.75) is 227 Å². The van der Waals surface area contributed by atoms with Gasteiger partial charge in [-0.25, -0.2) is 0 Å². The zero-order valence-electron chi connectivity index (χ0n) is 27.2. The predicted molar refractivity (Wildman–Crippen MR) is 178 cm³/mol. The predicted octanol–water partition coefficient (Wildman–Crippen LogP) is 14.4. The van der Waals surface area contributed by atoms with E-state index >= 15 is 0 Å². The second-order valence-electron chi connectivity index (χ2n) is 12.5. The van der Waals surface area contributed by atoms with E-state index in [0.29, 0.717) is 0 Å². The van der Waals surface area contributed by atoms with Crippen LogP contribution in [0.15, 0.2) is 0 Å². The Bertz CT molecular complexity index is 328. The molecule has 0 nitrogen and oxygen atoms in total. The summed E-state index contributed by atoms with van der Waals surface area (Å²) in [5.41, 5.74) is 0. The van der Waals surface area contributed by atoms with Crippen LogP contribution in [0.25, 0.3) is 0 Å². The van der Waals surface area contributed by atoms with Gasteiger partial charge in [0.2, 0.25) is 0 Å². The first-order valence-corrected chi connectivity index (χ1v) is 24.2. The van der Waals surface area contributed by atoms with Crippen molar-refractivity contribution in [1.29, 1.82) is 0 Å². The van der Waals surface area contributed by atoms with Crippen LogP contribution in [-0.2, 0) is 0 Å². The summed E-state index contributed by atoms with van der Waals surface area (Å²) < 4.78 is 5.19. The molecule has 0 saturated carbocycles. The summed E-state index contributed by atoms with van der Waals surface area (Å²) in [6.07, 6.45) is 45.0. The molecular weight excluding hydrogens is 570 g/mol. The Labute approximate surface area is 250 Å². The molecule has 0 fully saturated rings. The van der Waals surface area contributed by atoms with Gasteiger partial charge in [0.25, 0.3) is 0 Å². The van der Waals surface area contributed by atoms with Crippen LogP contribution < -0.4 is 0 Å². The van der Waals surface area contributed by atoms with E-state index in [9.17, 15) is 0 Å². The van der Waals surface area contributed by atoms with Crippen LogP contribution in [0.4, 0.5) is 4.70 Å². The van der Waals surface area contributed by atoms with Crippen molar-refractivity contribution in [2.75, 3.05) is 0 Å². The van der Waals surface area contributed by atoms with Gasteiger partial charge in [0.15, 0.2) is 0 Å². The van der Waals surface area contributed by atoms with E-state index in [4.69, 9.17) is 0 Å². The molecule has 1 radical (unpaired) electrons. The average molecular weight is 647 g/mol. The second kappa shape index (κ2) is 37.7. The fourth-order valence-corrected chi connectivity index (χ4v) is 14.5. The third-order valence-electron chi connectivity index (χ3n) is 8.65. The van der Waals surface area contributed by atoms with Crippen LogP contribution in [0.5, 0.6) is 0 Å². The van der Waals surface area contributed by atoms with Gasteiger partial charge in [-0.05, 0) is 0 Å². The Balaban J connectivity index is 0. The van der Waals surface area contributed by atoms with Gasteiger partial charge in [0, 0.05) is 0 Å². The molecule has 0 spiro atoms. The van der Waals surface area contributed by atoms with E-state index < -0.39 is 19.8 Å². The van der Waals surface area contributed by atoms with Crippen molar-refractivity contribution >= 4 is 19.8 Å². The fourth-order valence-electron chi connectivity index (χ4n) is 5.96. The monoisotopic (exact) mass is 647 g/mol.